The van der Waals surface area contributed by atoms with Gasteiger partial charge in [0.25, 0.3) is 0 Å². The predicted molar refractivity (Wildman–Crippen MR) is 36.7 cm³/mol. The van der Waals surface area contributed by atoms with Gasteiger partial charge in [0.15, 0.2) is 0 Å². The minimum atomic E-state index is -0.299. The fraction of sp³-hybridized carbons (Fsp3) is 0. The van der Waals surface area contributed by atoms with Crippen LogP contribution in [0.3, 0.4) is 0 Å². The molecule has 1 aromatic rings. The highest BCUT2D eigenvalue weighted by molar-refractivity contribution is 9.10. The van der Waals surface area contributed by atoms with Crippen molar-refractivity contribution in [1.29, 1.82) is 0 Å². The molecule has 0 aliphatic heterocycles. The van der Waals surface area contributed by atoms with Gasteiger partial charge >= 0.3 is 0 Å². The van der Waals surface area contributed by atoms with Crippen LogP contribution in [0.5, 0.6) is 0 Å². The molecule has 0 aliphatic rings. The molecule has 9 heavy (non-hydrogen) atoms. The smallest absolute Gasteiger partial charge is 0.138 e. The molecule has 0 spiro atoms. The van der Waals surface area contributed by atoms with E-state index in [1.54, 1.807) is 0 Å². The summed E-state index contributed by atoms with van der Waals surface area (Å²) in [5.74, 6) is 0.168. The van der Waals surface area contributed by atoms with Crippen molar-refractivity contribution in [2.24, 2.45) is 0 Å². The first-order valence-electron chi connectivity index (χ1n) is 2.31. The Bertz CT molecular complexity index is 204. The maximum absolute atomic E-state index is 12.3. The van der Waals surface area contributed by atoms with E-state index >= 15 is 0 Å². The number of nitrogens with zero attached hydrogens (tertiary/aromatic N) is 1. The van der Waals surface area contributed by atoms with Gasteiger partial charge in [0.2, 0.25) is 0 Å². The number of hydrogen-bond donors (Lipinski definition) is 1. The second-order valence-corrected chi connectivity index (χ2v) is 1.85. The standard InChI is InChI=1S/C5H4BrFN2/c6-9-5-3-4(7)1-2-8-5/h1-3H,(H,8,9). The zero-order valence-corrected chi connectivity index (χ0v) is 6.02. The lowest BCUT2D eigenvalue weighted by molar-refractivity contribution is 0.626. The average molecular weight is 191 g/mol. The van der Waals surface area contributed by atoms with Crippen molar-refractivity contribution in [3.05, 3.63) is 24.1 Å². The minimum Gasteiger partial charge on any atom is -0.307 e. The summed E-state index contributed by atoms with van der Waals surface area (Å²) in [6.07, 6.45) is 1.39. The minimum absolute atomic E-state index is 0.299. The van der Waals surface area contributed by atoms with Gasteiger partial charge in [-0.05, 0) is 6.07 Å². The molecular weight excluding hydrogens is 187 g/mol. The summed E-state index contributed by atoms with van der Waals surface area (Å²) in [5, 5.41) is 0. The van der Waals surface area contributed by atoms with Crippen LogP contribution in [0.2, 0.25) is 0 Å². The third-order valence-corrected chi connectivity index (χ3v) is 1.23. The molecule has 0 radical (unpaired) electrons. The van der Waals surface area contributed by atoms with Crippen LogP contribution in [0.4, 0.5) is 10.2 Å². The number of hydrogen-bond acceptors (Lipinski definition) is 2. The lowest BCUT2D eigenvalue weighted by Gasteiger charge is -1.93. The number of rotatable bonds is 1. The number of aromatic nitrogens is 1. The SMILES string of the molecule is Fc1ccnc(NBr)c1. The molecule has 0 saturated carbocycles. The quantitative estimate of drug-likeness (QED) is 0.686. The Balaban J connectivity index is 2.94. The van der Waals surface area contributed by atoms with Gasteiger partial charge in [-0.2, -0.15) is 0 Å². The third-order valence-electron chi connectivity index (χ3n) is 0.819. The molecule has 0 atom stereocenters. The van der Waals surface area contributed by atoms with E-state index in [2.05, 4.69) is 25.5 Å². The molecule has 1 aromatic heterocycles. The molecule has 0 unspecified atom stereocenters. The van der Waals surface area contributed by atoms with Crippen LogP contribution in [0.1, 0.15) is 0 Å². The summed E-state index contributed by atoms with van der Waals surface area (Å²) in [7, 11) is 0. The lowest BCUT2D eigenvalue weighted by Crippen LogP contribution is -1.84. The highest BCUT2D eigenvalue weighted by Gasteiger charge is 1.90. The van der Waals surface area contributed by atoms with E-state index in [-0.39, 0.29) is 5.82 Å². The van der Waals surface area contributed by atoms with Crippen molar-refractivity contribution in [3.63, 3.8) is 0 Å². The summed E-state index contributed by atoms with van der Waals surface area (Å²) >= 11 is 2.91. The number of nitrogens with one attached hydrogen (secondary N) is 1. The van der Waals surface area contributed by atoms with Crippen molar-refractivity contribution in [2.75, 3.05) is 4.34 Å². The molecule has 0 amide bonds. The van der Waals surface area contributed by atoms with E-state index in [0.29, 0.717) is 5.82 Å². The molecule has 48 valence electrons. The Kier molecular flexibility index (Phi) is 2.00. The Morgan fingerprint density at radius 3 is 2.89 bits per heavy atom. The van der Waals surface area contributed by atoms with Gasteiger partial charge in [0.05, 0.1) is 0 Å². The molecule has 0 fully saturated rings. The maximum Gasteiger partial charge on any atom is 0.138 e. The van der Waals surface area contributed by atoms with Crippen LogP contribution >= 0.6 is 16.1 Å². The van der Waals surface area contributed by atoms with E-state index in [4.69, 9.17) is 0 Å². The molecule has 4 heteroatoms. The van der Waals surface area contributed by atoms with E-state index < -0.39 is 0 Å². The zero-order chi connectivity index (χ0) is 6.69. The van der Waals surface area contributed by atoms with Gasteiger partial charge in [-0.1, -0.05) is 0 Å². The largest absolute Gasteiger partial charge is 0.307 e. The van der Waals surface area contributed by atoms with Crippen molar-refractivity contribution >= 4 is 22.0 Å². The van der Waals surface area contributed by atoms with Gasteiger partial charge in [-0.25, -0.2) is 9.37 Å². The molecule has 0 aromatic carbocycles. The van der Waals surface area contributed by atoms with Gasteiger partial charge in [-0.3, -0.25) is 0 Å². The topological polar surface area (TPSA) is 24.9 Å². The predicted octanol–water partition coefficient (Wildman–Crippen LogP) is 1.94. The Morgan fingerprint density at radius 2 is 2.44 bits per heavy atom. The zero-order valence-electron chi connectivity index (χ0n) is 4.44. The lowest BCUT2D eigenvalue weighted by atomic mass is 10.4. The Hall–Kier alpha value is -0.640. The molecular formula is C5H4BrFN2. The Labute approximate surface area is 60.4 Å². The van der Waals surface area contributed by atoms with Crippen molar-refractivity contribution < 1.29 is 4.39 Å². The summed E-state index contributed by atoms with van der Waals surface area (Å²) in [6, 6.07) is 2.57. The van der Waals surface area contributed by atoms with E-state index in [1.165, 1.54) is 18.3 Å². The van der Waals surface area contributed by atoms with Crippen molar-refractivity contribution in [3.8, 4) is 0 Å². The van der Waals surface area contributed by atoms with Crippen LogP contribution in [0.15, 0.2) is 18.3 Å². The van der Waals surface area contributed by atoms with E-state index in [0.717, 1.165) is 0 Å². The number of anilines is 1. The molecule has 1 heterocycles. The first kappa shape index (κ1) is 6.48. The van der Waals surface area contributed by atoms with Crippen LogP contribution < -0.4 is 4.34 Å². The van der Waals surface area contributed by atoms with E-state index in [9.17, 15) is 4.39 Å². The number of halogens is 2. The van der Waals surface area contributed by atoms with Crippen LogP contribution in [0, 0.1) is 5.82 Å². The molecule has 1 N–H and O–H groups in total. The monoisotopic (exact) mass is 190 g/mol. The number of pyridine rings is 1. The molecule has 0 saturated heterocycles. The normalized spacial score (nSPS) is 9.11. The van der Waals surface area contributed by atoms with Gasteiger partial charge < -0.3 is 4.34 Å². The van der Waals surface area contributed by atoms with Crippen molar-refractivity contribution in [1.82, 2.24) is 4.98 Å². The summed E-state index contributed by atoms with van der Waals surface area (Å²) in [6.45, 7) is 0. The second kappa shape index (κ2) is 2.77. The first-order valence-corrected chi connectivity index (χ1v) is 3.10. The highest BCUT2D eigenvalue weighted by atomic mass is 79.9. The van der Waals surface area contributed by atoms with E-state index in [1.807, 2.05) is 0 Å². The fourth-order valence-corrected chi connectivity index (χ4v) is 0.673. The third kappa shape index (κ3) is 1.64. The molecule has 0 aliphatic carbocycles. The molecule has 2 nitrogen and oxygen atoms in total. The van der Waals surface area contributed by atoms with Crippen LogP contribution in [-0.2, 0) is 0 Å². The maximum atomic E-state index is 12.3. The average Bonchev–Trinajstić information content (AvgIpc) is 1.88. The summed E-state index contributed by atoms with van der Waals surface area (Å²) < 4.78 is 14.8. The molecule has 1 rings (SSSR count). The van der Waals surface area contributed by atoms with Crippen LogP contribution in [0.25, 0.3) is 0 Å². The fourth-order valence-electron chi connectivity index (χ4n) is 0.456. The molecule has 0 bridgehead atoms. The summed E-state index contributed by atoms with van der Waals surface area (Å²) in [4.78, 5) is 3.76. The first-order chi connectivity index (χ1) is 4.33. The van der Waals surface area contributed by atoms with Crippen LogP contribution in [-0.4, -0.2) is 4.98 Å². The van der Waals surface area contributed by atoms with Gasteiger partial charge in [0, 0.05) is 28.4 Å². The van der Waals surface area contributed by atoms with Gasteiger partial charge in [-0.15, -0.1) is 0 Å². The Morgan fingerprint density at radius 1 is 1.67 bits per heavy atom. The van der Waals surface area contributed by atoms with Crippen molar-refractivity contribution in [2.45, 2.75) is 0 Å². The summed E-state index contributed by atoms with van der Waals surface area (Å²) in [5.41, 5.74) is 0. The second-order valence-electron chi connectivity index (χ2n) is 1.45. The highest BCUT2D eigenvalue weighted by Crippen LogP contribution is 2.05. The van der Waals surface area contributed by atoms with Gasteiger partial charge in [0.1, 0.15) is 11.6 Å².